The molecule has 0 amide bonds. The van der Waals surface area contributed by atoms with Crippen LogP contribution in [-0.2, 0) is 5.54 Å². The molecule has 54 heavy (non-hydrogen) atoms. The Labute approximate surface area is 312 Å². The molecule has 3 aliphatic carbocycles. The lowest BCUT2D eigenvalue weighted by atomic mass is 9.70. The molecule has 1 unspecified atom stereocenters. The molecular weight excluding hydrogens is 676 g/mol. The number of hydrogen-bond acceptors (Lipinski definition) is 6. The van der Waals surface area contributed by atoms with Gasteiger partial charge >= 0.3 is 0 Å². The highest BCUT2D eigenvalue weighted by Crippen LogP contribution is 2.47. The van der Waals surface area contributed by atoms with Crippen molar-refractivity contribution in [2.24, 2.45) is 5.92 Å². The quantitative estimate of drug-likeness (QED) is 0.140. The Morgan fingerprint density at radius 2 is 1.59 bits per heavy atom. The van der Waals surface area contributed by atoms with Gasteiger partial charge in [-0.15, -0.1) is 0 Å². The predicted octanol–water partition coefficient (Wildman–Crippen LogP) is 10.2. The number of rotatable bonds is 10. The number of fused-ring (bicyclic) bond motifs is 1. The van der Waals surface area contributed by atoms with Crippen LogP contribution in [0.25, 0.3) is 39.5 Å². The Hall–Kier alpha value is -6.09. The fraction of sp³-hybridized carbons (Fsp3) is 0.244. The fourth-order valence-corrected chi connectivity index (χ4v) is 8.37. The van der Waals surface area contributed by atoms with Crippen LogP contribution >= 0.6 is 0 Å². The van der Waals surface area contributed by atoms with Crippen molar-refractivity contribution in [2.75, 3.05) is 0 Å². The summed E-state index contributed by atoms with van der Waals surface area (Å²) in [4.78, 5) is 9.38. The molecule has 9 heteroatoms. The van der Waals surface area contributed by atoms with Gasteiger partial charge in [-0.3, -0.25) is 9.08 Å². The highest BCUT2D eigenvalue weighted by atomic mass is 19.1. The van der Waals surface area contributed by atoms with Crippen molar-refractivity contribution in [2.45, 2.75) is 62.5 Å². The van der Waals surface area contributed by atoms with Crippen LogP contribution in [0.15, 0.2) is 138 Å². The predicted molar refractivity (Wildman–Crippen MR) is 205 cm³/mol. The number of aromatic nitrogens is 6. The van der Waals surface area contributed by atoms with Crippen LogP contribution in [0.2, 0.25) is 0 Å². The first kappa shape index (κ1) is 32.6. The number of allylic oxidation sites excluding steroid dienone is 4. The highest BCUT2D eigenvalue weighted by Gasteiger charge is 2.44. The summed E-state index contributed by atoms with van der Waals surface area (Å²) in [6, 6.07) is 30.2. The van der Waals surface area contributed by atoms with Gasteiger partial charge in [0.15, 0.2) is 0 Å². The average Bonchev–Trinajstić information content (AvgIpc) is 3.60. The lowest BCUT2D eigenvalue weighted by Crippen LogP contribution is -2.43. The van der Waals surface area contributed by atoms with Gasteiger partial charge < -0.3 is 9.26 Å². The average molecular weight is 715 g/mol. The van der Waals surface area contributed by atoms with Crippen LogP contribution in [0, 0.1) is 11.7 Å². The number of hydrogen-bond donors (Lipinski definition) is 0. The first-order valence-corrected chi connectivity index (χ1v) is 19.0. The molecule has 1 atom stereocenters. The van der Waals surface area contributed by atoms with E-state index >= 15 is 4.39 Å². The summed E-state index contributed by atoms with van der Waals surface area (Å²) in [5, 5.41) is 9.75. The lowest BCUT2D eigenvalue weighted by molar-refractivity contribution is 0.209. The third-order valence-corrected chi connectivity index (χ3v) is 11.2. The van der Waals surface area contributed by atoms with Crippen LogP contribution in [0.3, 0.4) is 0 Å². The number of benzene rings is 3. The van der Waals surface area contributed by atoms with Gasteiger partial charge in [-0.1, -0.05) is 90.1 Å². The molecule has 10 rings (SSSR count). The molecule has 2 saturated carbocycles. The van der Waals surface area contributed by atoms with Crippen molar-refractivity contribution in [3.8, 4) is 39.7 Å². The largest absolute Gasteiger partial charge is 0.490 e. The van der Waals surface area contributed by atoms with Crippen molar-refractivity contribution in [1.82, 2.24) is 29.3 Å². The number of imidazole rings is 1. The van der Waals surface area contributed by atoms with E-state index in [9.17, 15) is 0 Å². The summed E-state index contributed by atoms with van der Waals surface area (Å²) in [7, 11) is 0. The Kier molecular flexibility index (Phi) is 8.08. The van der Waals surface area contributed by atoms with Crippen LogP contribution < -0.4 is 4.74 Å². The third kappa shape index (κ3) is 5.66. The first-order chi connectivity index (χ1) is 26.6. The summed E-state index contributed by atoms with van der Waals surface area (Å²) >= 11 is 0. The van der Waals surface area contributed by atoms with Gasteiger partial charge in [0.1, 0.15) is 34.1 Å². The maximum atomic E-state index is 16.6. The Morgan fingerprint density at radius 3 is 2.30 bits per heavy atom. The van der Waals surface area contributed by atoms with E-state index in [1.807, 2.05) is 47.0 Å². The zero-order valence-electron chi connectivity index (χ0n) is 29.8. The maximum Gasteiger partial charge on any atom is 0.230 e. The van der Waals surface area contributed by atoms with Gasteiger partial charge in [-0.25, -0.2) is 9.37 Å². The van der Waals surface area contributed by atoms with Crippen LogP contribution in [0.1, 0.15) is 67.9 Å². The van der Waals surface area contributed by atoms with E-state index in [1.165, 1.54) is 6.07 Å². The first-order valence-electron chi connectivity index (χ1n) is 19.0. The van der Waals surface area contributed by atoms with Gasteiger partial charge in [0.25, 0.3) is 0 Å². The van der Waals surface area contributed by atoms with E-state index in [0.29, 0.717) is 34.6 Å². The third-order valence-electron chi connectivity index (χ3n) is 11.2. The van der Waals surface area contributed by atoms with Crippen molar-refractivity contribution >= 4 is 5.65 Å². The minimum atomic E-state index is -0.771. The molecule has 0 radical (unpaired) electrons. The zero-order chi connectivity index (χ0) is 36.1. The van der Waals surface area contributed by atoms with Crippen molar-refractivity contribution in [1.29, 1.82) is 0 Å². The van der Waals surface area contributed by atoms with E-state index in [2.05, 4.69) is 93.9 Å². The second kappa shape index (κ2) is 13.4. The molecule has 268 valence electrons. The van der Waals surface area contributed by atoms with Gasteiger partial charge in [-0.2, -0.15) is 10.1 Å². The number of pyridine rings is 1. The summed E-state index contributed by atoms with van der Waals surface area (Å²) in [5.41, 5.74) is 5.40. The van der Waals surface area contributed by atoms with Crippen molar-refractivity contribution < 1.29 is 13.7 Å². The number of nitrogens with zero attached hydrogens (tertiary/aromatic N) is 6. The number of ether oxygens (including phenoxy) is 1. The second-order valence-corrected chi connectivity index (χ2v) is 14.7. The Bertz CT molecular complexity index is 2470. The molecule has 3 aliphatic rings. The lowest BCUT2D eigenvalue weighted by Gasteiger charge is -2.41. The molecule has 7 aromatic rings. The minimum absolute atomic E-state index is 0.00145. The SMILES string of the molecule is Fc1cc(OC2CCCC2)ccc1-c1nn(C(c2ccccc2)(c2ccccc2)C2C=CC=CC2)cc1-c1ccc2ncc(-c3noc(C4CC4)n3)n2c1. The monoisotopic (exact) mass is 714 g/mol. The summed E-state index contributed by atoms with van der Waals surface area (Å²) in [6.07, 6.45) is 21.9. The van der Waals surface area contributed by atoms with E-state index < -0.39 is 5.54 Å². The van der Waals surface area contributed by atoms with E-state index in [1.54, 1.807) is 6.20 Å². The van der Waals surface area contributed by atoms with Crippen LogP contribution in [0.4, 0.5) is 4.39 Å². The van der Waals surface area contributed by atoms with E-state index in [0.717, 1.165) is 78.5 Å². The van der Waals surface area contributed by atoms with Crippen LogP contribution in [0.5, 0.6) is 5.75 Å². The fourth-order valence-electron chi connectivity index (χ4n) is 8.37. The molecule has 0 N–H and O–H groups in total. The van der Waals surface area contributed by atoms with Crippen molar-refractivity contribution in [3.05, 3.63) is 157 Å². The van der Waals surface area contributed by atoms with Crippen LogP contribution in [-0.4, -0.2) is 35.4 Å². The standard InChI is InChI=1S/C45H39FN6O2/c46-39-26-36(53-35-18-10-11-19-35)23-24-37(39)42-38(31-22-25-41-47-27-40(51(41)28-31)43-48-44(54-50-43)30-20-21-30)29-52(49-42)45(32-12-4-1-5-13-32,33-14-6-2-7-15-33)34-16-8-3-9-17-34/h1-9,12-16,22-30,34-35H,10-11,17-21H2. The molecule has 4 heterocycles. The molecule has 0 bridgehead atoms. The van der Waals surface area contributed by atoms with Gasteiger partial charge in [0.2, 0.25) is 11.7 Å². The van der Waals surface area contributed by atoms with Gasteiger partial charge in [-0.05, 0) is 80.3 Å². The van der Waals surface area contributed by atoms with Gasteiger partial charge in [0.05, 0.1) is 12.3 Å². The molecule has 3 aromatic carbocycles. The topological polar surface area (TPSA) is 83.3 Å². The summed E-state index contributed by atoms with van der Waals surface area (Å²) < 4.78 is 32.5. The zero-order valence-corrected chi connectivity index (χ0v) is 29.8. The summed E-state index contributed by atoms with van der Waals surface area (Å²) in [5.74, 6) is 1.66. The highest BCUT2D eigenvalue weighted by molar-refractivity contribution is 5.82. The molecule has 0 spiro atoms. The maximum absolute atomic E-state index is 16.6. The normalized spacial score (nSPS) is 17.5. The van der Waals surface area contributed by atoms with Crippen molar-refractivity contribution in [3.63, 3.8) is 0 Å². The molecular formula is C45H39FN6O2. The molecule has 0 aliphatic heterocycles. The molecule has 2 fully saturated rings. The summed E-state index contributed by atoms with van der Waals surface area (Å²) in [6.45, 7) is 0. The second-order valence-electron chi connectivity index (χ2n) is 14.7. The minimum Gasteiger partial charge on any atom is -0.490 e. The Balaban J connectivity index is 1.19. The Morgan fingerprint density at radius 1 is 0.815 bits per heavy atom. The van der Waals surface area contributed by atoms with E-state index in [4.69, 9.17) is 19.3 Å². The number of halogens is 1. The molecule has 0 saturated heterocycles. The van der Waals surface area contributed by atoms with Gasteiger partial charge in [0, 0.05) is 47.0 Å². The molecule has 4 aromatic heterocycles. The smallest absolute Gasteiger partial charge is 0.230 e. The molecule has 8 nitrogen and oxygen atoms in total. The van der Waals surface area contributed by atoms with E-state index in [-0.39, 0.29) is 17.8 Å².